The molecule has 0 radical (unpaired) electrons. The molecule has 1 fully saturated rings. The Hall–Kier alpha value is -1.06. The van der Waals surface area contributed by atoms with Crippen LogP contribution in [0.2, 0.25) is 0 Å². The van der Waals surface area contributed by atoms with Crippen molar-refractivity contribution in [1.82, 2.24) is 0 Å². The van der Waals surface area contributed by atoms with Crippen molar-refractivity contribution < 1.29 is 10.4 Å². The van der Waals surface area contributed by atoms with Crippen LogP contribution >= 0.6 is 0 Å². The van der Waals surface area contributed by atoms with Crippen molar-refractivity contribution in [3.8, 4) is 0 Å². The highest BCUT2D eigenvalue weighted by Gasteiger charge is 2.25. The van der Waals surface area contributed by atoms with E-state index in [-0.39, 0.29) is 5.92 Å². The molecule has 0 saturated heterocycles. The summed E-state index contributed by atoms with van der Waals surface area (Å²) >= 11 is 0. The fourth-order valence-electron chi connectivity index (χ4n) is 1.15. The Bertz CT molecular complexity index is 166. The highest BCUT2D eigenvalue weighted by molar-refractivity contribution is 6.12. The molecule has 1 aliphatic carbocycles. The highest BCUT2D eigenvalue weighted by Crippen LogP contribution is 2.19. The van der Waals surface area contributed by atoms with Crippen molar-refractivity contribution in [2.45, 2.75) is 19.8 Å². The van der Waals surface area contributed by atoms with E-state index in [1.165, 1.54) is 0 Å². The lowest BCUT2D eigenvalue weighted by molar-refractivity contribution is 0.313. The van der Waals surface area contributed by atoms with Gasteiger partial charge in [0.15, 0.2) is 0 Å². The molecular formula is C6H10N2O2. The van der Waals surface area contributed by atoms with Crippen molar-refractivity contribution in [1.29, 1.82) is 0 Å². The summed E-state index contributed by atoms with van der Waals surface area (Å²) < 4.78 is 0. The molecule has 0 atom stereocenters. The highest BCUT2D eigenvalue weighted by atomic mass is 16.4. The van der Waals surface area contributed by atoms with Crippen LogP contribution < -0.4 is 0 Å². The lowest BCUT2D eigenvalue weighted by atomic mass is 10.1. The predicted molar refractivity (Wildman–Crippen MR) is 36.8 cm³/mol. The molecule has 4 nitrogen and oxygen atoms in total. The Morgan fingerprint density at radius 1 is 1.20 bits per heavy atom. The molecule has 56 valence electrons. The minimum absolute atomic E-state index is 0.00926. The van der Waals surface area contributed by atoms with E-state index in [0.717, 1.165) is 0 Å². The second kappa shape index (κ2) is 2.68. The lowest BCUT2D eigenvalue weighted by Gasteiger charge is -1.99. The smallest absolute Gasteiger partial charge is 0.0660 e. The van der Waals surface area contributed by atoms with Crippen molar-refractivity contribution in [2.24, 2.45) is 16.2 Å². The standard InChI is InChI=1S/C6H10N2O2/c1-4-5(7-9)2-3-6(4)8-10/h4,9-10H,2-3H2,1H3/b7-5-,8-6-. The molecule has 2 N–H and O–H groups in total. The van der Waals surface area contributed by atoms with E-state index in [2.05, 4.69) is 10.3 Å². The quantitative estimate of drug-likeness (QED) is 0.392. The van der Waals surface area contributed by atoms with E-state index in [1.54, 1.807) is 0 Å². The summed E-state index contributed by atoms with van der Waals surface area (Å²) in [4.78, 5) is 0. The van der Waals surface area contributed by atoms with Gasteiger partial charge in [-0.2, -0.15) is 0 Å². The van der Waals surface area contributed by atoms with Crippen LogP contribution in [-0.4, -0.2) is 21.8 Å². The van der Waals surface area contributed by atoms with Gasteiger partial charge in [0.05, 0.1) is 11.4 Å². The second-order valence-electron chi connectivity index (χ2n) is 2.40. The van der Waals surface area contributed by atoms with Gasteiger partial charge in [-0.1, -0.05) is 17.2 Å². The van der Waals surface area contributed by atoms with Crippen molar-refractivity contribution in [3.63, 3.8) is 0 Å². The van der Waals surface area contributed by atoms with Gasteiger partial charge in [-0.25, -0.2) is 0 Å². The van der Waals surface area contributed by atoms with Crippen LogP contribution in [0.15, 0.2) is 10.3 Å². The Morgan fingerprint density at radius 2 is 1.60 bits per heavy atom. The Labute approximate surface area is 58.8 Å². The molecule has 1 aliphatic rings. The molecule has 0 unspecified atom stereocenters. The molecule has 4 heteroatoms. The Kier molecular flexibility index (Phi) is 1.89. The normalized spacial score (nSPS) is 33.9. The van der Waals surface area contributed by atoms with Crippen molar-refractivity contribution in [2.75, 3.05) is 0 Å². The third-order valence-electron chi connectivity index (χ3n) is 1.89. The predicted octanol–water partition coefficient (Wildman–Crippen LogP) is 1.08. The van der Waals surface area contributed by atoms with Crippen molar-refractivity contribution >= 4 is 11.4 Å². The number of hydrogen-bond donors (Lipinski definition) is 2. The molecule has 0 amide bonds. The number of oxime groups is 2. The third kappa shape index (κ3) is 0.964. The minimum Gasteiger partial charge on any atom is -0.411 e. The first-order valence-electron chi connectivity index (χ1n) is 3.21. The summed E-state index contributed by atoms with van der Waals surface area (Å²) in [5.74, 6) is 0.00926. The fourth-order valence-corrected chi connectivity index (χ4v) is 1.15. The van der Waals surface area contributed by atoms with Gasteiger partial charge >= 0.3 is 0 Å². The van der Waals surface area contributed by atoms with Gasteiger partial charge < -0.3 is 10.4 Å². The van der Waals surface area contributed by atoms with Crippen LogP contribution in [0, 0.1) is 5.92 Å². The number of hydrogen-bond acceptors (Lipinski definition) is 4. The molecule has 10 heavy (non-hydrogen) atoms. The van der Waals surface area contributed by atoms with Gasteiger partial charge in [-0.05, 0) is 12.8 Å². The molecule has 1 saturated carbocycles. The monoisotopic (exact) mass is 142 g/mol. The average Bonchev–Trinajstić information content (AvgIpc) is 2.30. The molecule has 0 aliphatic heterocycles. The molecular weight excluding hydrogens is 132 g/mol. The van der Waals surface area contributed by atoms with Gasteiger partial charge in [0, 0.05) is 5.92 Å². The molecule has 0 aromatic heterocycles. The van der Waals surface area contributed by atoms with Crippen LogP contribution in [0.1, 0.15) is 19.8 Å². The maximum Gasteiger partial charge on any atom is 0.0660 e. The molecule has 0 bridgehead atoms. The summed E-state index contributed by atoms with van der Waals surface area (Å²) in [6.45, 7) is 1.86. The van der Waals surface area contributed by atoms with Crippen LogP contribution in [0.4, 0.5) is 0 Å². The van der Waals surface area contributed by atoms with Crippen LogP contribution in [-0.2, 0) is 0 Å². The van der Waals surface area contributed by atoms with E-state index < -0.39 is 0 Å². The van der Waals surface area contributed by atoms with Gasteiger partial charge in [0.1, 0.15) is 0 Å². The van der Waals surface area contributed by atoms with Crippen LogP contribution in [0.3, 0.4) is 0 Å². The van der Waals surface area contributed by atoms with Gasteiger partial charge in [-0.15, -0.1) is 0 Å². The zero-order valence-corrected chi connectivity index (χ0v) is 5.78. The second-order valence-corrected chi connectivity index (χ2v) is 2.40. The summed E-state index contributed by atoms with van der Waals surface area (Å²) in [5.41, 5.74) is 1.40. The minimum atomic E-state index is 0.00926. The van der Waals surface area contributed by atoms with Gasteiger partial charge in [0.2, 0.25) is 0 Å². The maximum absolute atomic E-state index is 8.40. The van der Waals surface area contributed by atoms with E-state index in [1.807, 2.05) is 6.92 Å². The molecule has 0 aromatic rings. The summed E-state index contributed by atoms with van der Waals surface area (Å²) in [5, 5.41) is 23.0. The topological polar surface area (TPSA) is 65.2 Å². The first kappa shape index (κ1) is 7.05. The molecule has 0 aromatic carbocycles. The first-order chi connectivity index (χ1) is 4.79. The average molecular weight is 142 g/mol. The number of rotatable bonds is 0. The van der Waals surface area contributed by atoms with Gasteiger partial charge in [-0.3, -0.25) is 0 Å². The summed E-state index contributed by atoms with van der Waals surface area (Å²) in [6, 6.07) is 0. The van der Waals surface area contributed by atoms with E-state index >= 15 is 0 Å². The summed E-state index contributed by atoms with van der Waals surface area (Å²) in [6.07, 6.45) is 1.41. The molecule has 0 spiro atoms. The van der Waals surface area contributed by atoms with E-state index in [0.29, 0.717) is 24.3 Å². The fraction of sp³-hybridized carbons (Fsp3) is 0.667. The van der Waals surface area contributed by atoms with Crippen LogP contribution in [0.25, 0.3) is 0 Å². The SMILES string of the molecule is CC1/C(=N\O)CC/C1=N/O. The van der Waals surface area contributed by atoms with E-state index in [4.69, 9.17) is 10.4 Å². The Balaban J connectivity index is 2.77. The summed E-state index contributed by atoms with van der Waals surface area (Å²) in [7, 11) is 0. The van der Waals surface area contributed by atoms with E-state index in [9.17, 15) is 0 Å². The zero-order chi connectivity index (χ0) is 7.56. The van der Waals surface area contributed by atoms with Crippen molar-refractivity contribution in [3.05, 3.63) is 0 Å². The first-order valence-corrected chi connectivity index (χ1v) is 3.21. The zero-order valence-electron chi connectivity index (χ0n) is 5.78. The molecule has 1 rings (SSSR count). The Morgan fingerprint density at radius 3 is 1.80 bits per heavy atom. The maximum atomic E-state index is 8.40. The largest absolute Gasteiger partial charge is 0.411 e. The van der Waals surface area contributed by atoms with Crippen LogP contribution in [0.5, 0.6) is 0 Å². The third-order valence-corrected chi connectivity index (χ3v) is 1.89. The lowest BCUT2D eigenvalue weighted by Crippen LogP contribution is -2.09. The molecule has 0 heterocycles. The van der Waals surface area contributed by atoms with Gasteiger partial charge in [0.25, 0.3) is 0 Å². The number of nitrogens with zero attached hydrogens (tertiary/aromatic N) is 2.